The predicted octanol–water partition coefficient (Wildman–Crippen LogP) is 13.6. The van der Waals surface area contributed by atoms with Crippen molar-refractivity contribution in [3.05, 3.63) is 233 Å². The maximum absolute atomic E-state index is 11.1. The number of aldehydes is 1. The molecule has 6 aromatic heterocycles. The Bertz CT molecular complexity index is 3270. The van der Waals surface area contributed by atoms with Gasteiger partial charge in [-0.3, -0.25) is 19.5 Å². The minimum atomic E-state index is -1.18. The highest BCUT2D eigenvalue weighted by molar-refractivity contribution is 9.10. The zero-order chi connectivity index (χ0) is 61.4. The van der Waals surface area contributed by atoms with E-state index in [1.54, 1.807) is 36.4 Å². The summed E-state index contributed by atoms with van der Waals surface area (Å²) in [6.07, 6.45) is 7.76. The lowest BCUT2D eigenvalue weighted by Crippen LogP contribution is -2.19. The summed E-state index contributed by atoms with van der Waals surface area (Å²) in [5, 5.41) is 34.2. The van der Waals surface area contributed by atoms with Crippen molar-refractivity contribution in [2.45, 2.75) is 65.0 Å². The first kappa shape index (κ1) is 70.6. The Morgan fingerprint density at radius 1 is 0.483 bits per heavy atom. The molecule has 0 bridgehead atoms. The Labute approximate surface area is 516 Å². The molecule has 22 heteroatoms. The number of hydrogen-bond donors (Lipinski definition) is 2. The summed E-state index contributed by atoms with van der Waals surface area (Å²) < 4.78 is 65.5. The number of benzene rings is 3. The molecule has 2 N–H and O–H groups in total. The van der Waals surface area contributed by atoms with Crippen molar-refractivity contribution in [3.63, 3.8) is 0 Å². The second-order valence-corrected chi connectivity index (χ2v) is 19.7. The highest BCUT2D eigenvalue weighted by Crippen LogP contribution is 2.43. The number of hydrogen-bond acceptors (Lipinski definition) is 21. The molecule has 0 aliphatic heterocycles. The molecule has 21 nitrogen and oxygen atoms in total. The van der Waals surface area contributed by atoms with Gasteiger partial charge in [0.15, 0.2) is 52.3 Å². The summed E-state index contributed by atoms with van der Waals surface area (Å²) in [7, 11) is 15.9. The molecule has 0 saturated carbocycles. The van der Waals surface area contributed by atoms with Crippen LogP contribution in [0.2, 0.25) is 0 Å². The number of aromatic nitrogens is 3. The molecular weight excluding hydrogens is 1180 g/mol. The fourth-order valence-corrected chi connectivity index (χ4v) is 8.79. The van der Waals surface area contributed by atoms with Crippen LogP contribution in [0.5, 0.6) is 34.9 Å². The van der Waals surface area contributed by atoms with Crippen LogP contribution in [-0.2, 0) is 19.8 Å². The fraction of sp³-hybridized carbons (Fsp3) is 0.292. The summed E-state index contributed by atoms with van der Waals surface area (Å²) in [6, 6.07) is 33.4. The standard InChI is InChI=1S/2C21H24N2O5.C15H17BrN2O2.C6H6O3.2CH4/c2*1-5-15(23(2)3)19-17(18(24)20-16(25-4)11-12-26-20)21(22-28-19)27-13-14-9-7-6-8-10-14;1-4-12(18(2)3)14-13(16)15(17-20-14)19-10-11-8-6-5-7-9-11;1-8-5-2-3-9-6(5)4-7;;/h2*5-12,15,18,24H,1,13H2,2-4H3;4-9,12H,1,10H2,2-3H3;2-4H,1H3;2*1H4/t15-,18+;15-,18-;12-;;;/m000.../s1. The van der Waals surface area contributed by atoms with E-state index in [1.807, 2.05) is 148 Å². The highest BCUT2D eigenvalue weighted by Gasteiger charge is 2.35. The van der Waals surface area contributed by atoms with Crippen LogP contribution in [0.1, 0.15) is 112 Å². The number of carbonyl (C=O) groups excluding carboxylic acids is 1. The van der Waals surface area contributed by atoms with Gasteiger partial charge in [-0.15, -0.1) is 19.7 Å². The molecular formula is C65H79BrN6O15. The van der Waals surface area contributed by atoms with E-state index in [0.29, 0.717) is 64.4 Å². The Kier molecular flexibility index (Phi) is 28.8. The quantitative estimate of drug-likeness (QED) is 0.0378. The lowest BCUT2D eigenvalue weighted by molar-refractivity contribution is 0.109. The van der Waals surface area contributed by atoms with Crippen LogP contribution >= 0.6 is 15.9 Å². The number of aliphatic hydroxyl groups is 2. The smallest absolute Gasteiger partial charge is 0.269 e. The molecule has 87 heavy (non-hydrogen) atoms. The van der Waals surface area contributed by atoms with E-state index >= 15 is 0 Å². The van der Waals surface area contributed by atoms with Crippen molar-refractivity contribution in [3.8, 4) is 34.9 Å². The van der Waals surface area contributed by atoms with E-state index in [1.165, 1.54) is 40.1 Å². The van der Waals surface area contributed by atoms with Gasteiger partial charge in [0.2, 0.25) is 5.76 Å². The topological polar surface area (TPSA) is 240 Å². The minimum Gasteiger partial charge on any atom is -0.493 e. The fourth-order valence-electron chi connectivity index (χ4n) is 8.29. The predicted molar refractivity (Wildman–Crippen MR) is 332 cm³/mol. The number of halogens is 1. The van der Waals surface area contributed by atoms with Crippen LogP contribution in [0, 0.1) is 0 Å². The van der Waals surface area contributed by atoms with E-state index in [-0.39, 0.29) is 75.2 Å². The lowest BCUT2D eigenvalue weighted by Gasteiger charge is -2.20. The van der Waals surface area contributed by atoms with Crippen LogP contribution in [0.25, 0.3) is 0 Å². The Balaban J connectivity index is 0.000000260. The molecule has 9 aromatic rings. The van der Waals surface area contributed by atoms with E-state index in [0.717, 1.165) is 21.2 Å². The number of ether oxygens (including phenoxy) is 6. The Morgan fingerprint density at radius 3 is 1.14 bits per heavy atom. The molecule has 0 radical (unpaired) electrons. The number of nitrogens with zero attached hydrogens (tertiary/aromatic N) is 6. The van der Waals surface area contributed by atoms with Gasteiger partial charge in [-0.25, -0.2) is 0 Å². The first-order valence-corrected chi connectivity index (χ1v) is 27.1. The Morgan fingerprint density at radius 2 is 0.805 bits per heavy atom. The Hall–Kier alpha value is -8.90. The molecule has 0 aliphatic carbocycles. The van der Waals surface area contributed by atoms with E-state index in [2.05, 4.69) is 51.1 Å². The normalized spacial score (nSPS) is 12.4. The number of furan rings is 3. The largest absolute Gasteiger partial charge is 0.493 e. The average molecular weight is 1260 g/mol. The van der Waals surface area contributed by atoms with Gasteiger partial charge in [-0.2, -0.15) is 0 Å². The third kappa shape index (κ3) is 18.6. The highest BCUT2D eigenvalue weighted by atomic mass is 79.9. The maximum Gasteiger partial charge on any atom is 0.269 e. The number of rotatable bonds is 26. The summed E-state index contributed by atoms with van der Waals surface area (Å²) in [5.74, 6) is 4.44. The first-order chi connectivity index (χ1) is 41.1. The number of aliphatic hydroxyl groups excluding tert-OH is 2. The van der Waals surface area contributed by atoms with Crippen LogP contribution in [-0.4, -0.2) is 110 Å². The summed E-state index contributed by atoms with van der Waals surface area (Å²) in [6.45, 7) is 12.5. The molecule has 0 aliphatic rings. The van der Waals surface area contributed by atoms with E-state index in [4.69, 9.17) is 55.2 Å². The second kappa shape index (κ2) is 35.5. The summed E-state index contributed by atoms with van der Waals surface area (Å²) in [4.78, 5) is 15.8. The van der Waals surface area contributed by atoms with Gasteiger partial charge < -0.3 is 65.5 Å². The SMILES string of the molecule is C.C.C=C[C@@H](c1onc(OCc2ccccc2)c1Br)N(C)C.C=C[C@@H](c1onc(OCc2ccccc2)c1[C@@H](O)c1occc1OC)N(C)C.C=C[C@@H](c1onc(OCc2ccccc2)c1[C@H](O)c1occc1OC)N(C)C.COc1ccoc1C=O. The van der Waals surface area contributed by atoms with Crippen molar-refractivity contribution in [1.29, 1.82) is 0 Å². The van der Waals surface area contributed by atoms with Crippen molar-refractivity contribution in [1.82, 2.24) is 30.2 Å². The van der Waals surface area contributed by atoms with Gasteiger partial charge in [0.25, 0.3) is 17.6 Å². The summed E-state index contributed by atoms with van der Waals surface area (Å²) in [5.41, 5.74) is 3.77. The van der Waals surface area contributed by atoms with Crippen molar-refractivity contribution >= 4 is 22.2 Å². The van der Waals surface area contributed by atoms with E-state index in [9.17, 15) is 15.0 Å². The molecule has 0 unspecified atom stereocenters. The van der Waals surface area contributed by atoms with Gasteiger partial charge >= 0.3 is 0 Å². The molecule has 0 spiro atoms. The van der Waals surface area contributed by atoms with Crippen LogP contribution in [0.3, 0.4) is 0 Å². The molecule has 3 aromatic carbocycles. The molecule has 466 valence electrons. The van der Waals surface area contributed by atoms with Crippen molar-refractivity contribution < 1.29 is 70.2 Å². The number of likely N-dealkylation sites (N-methyl/N-ethyl adjacent to an activating group) is 3. The maximum atomic E-state index is 11.1. The molecule has 0 amide bonds. The van der Waals surface area contributed by atoms with Crippen LogP contribution < -0.4 is 28.4 Å². The monoisotopic (exact) mass is 1260 g/mol. The van der Waals surface area contributed by atoms with Gasteiger partial charge in [0.1, 0.15) is 36.5 Å². The van der Waals surface area contributed by atoms with Crippen LogP contribution in [0.15, 0.2) is 197 Å². The molecule has 0 saturated heterocycles. The molecule has 5 atom stereocenters. The van der Waals surface area contributed by atoms with Gasteiger partial charge in [0.05, 0.1) is 69.4 Å². The third-order valence-electron chi connectivity index (χ3n) is 12.7. The van der Waals surface area contributed by atoms with E-state index < -0.39 is 12.2 Å². The third-order valence-corrected chi connectivity index (χ3v) is 13.4. The lowest BCUT2D eigenvalue weighted by atomic mass is 10.0. The van der Waals surface area contributed by atoms with Gasteiger partial charge in [0, 0.05) is 18.2 Å². The number of carbonyl (C=O) groups is 1. The summed E-state index contributed by atoms with van der Waals surface area (Å²) >= 11 is 3.48. The van der Waals surface area contributed by atoms with Gasteiger partial charge in [-0.1, -0.05) is 124 Å². The minimum absolute atomic E-state index is 0. The zero-order valence-corrected chi connectivity index (χ0v) is 50.4. The second-order valence-electron chi connectivity index (χ2n) is 18.9. The average Bonchev–Trinajstić information content (AvgIpc) is 2.07. The zero-order valence-electron chi connectivity index (χ0n) is 48.8. The van der Waals surface area contributed by atoms with Gasteiger partial charge in [-0.05, 0) is 90.4 Å². The van der Waals surface area contributed by atoms with Crippen molar-refractivity contribution in [2.75, 3.05) is 63.6 Å². The molecule has 9 rings (SSSR count). The van der Waals surface area contributed by atoms with Crippen LogP contribution in [0.4, 0.5) is 0 Å². The number of methoxy groups -OCH3 is 3. The molecule has 0 fully saturated rings. The first-order valence-electron chi connectivity index (χ1n) is 26.3. The molecule has 6 heterocycles. The van der Waals surface area contributed by atoms with Crippen molar-refractivity contribution in [2.24, 2.45) is 0 Å².